The first kappa shape index (κ1) is 18.1. The number of hydrazone groups is 1. The molecule has 1 unspecified atom stereocenters. The number of likely N-dealkylation sites (tertiary alicyclic amines) is 1. The predicted molar refractivity (Wildman–Crippen MR) is 93.9 cm³/mol. The molecule has 0 aliphatic carbocycles. The Kier molecular flexibility index (Phi) is 3.95. The van der Waals surface area contributed by atoms with Crippen molar-refractivity contribution in [3.05, 3.63) is 0 Å². The zero-order valence-electron chi connectivity index (χ0n) is 16.1. The summed E-state index contributed by atoms with van der Waals surface area (Å²) in [6.45, 7) is 8.85. The Morgan fingerprint density at radius 3 is 2.70 bits per heavy atom. The van der Waals surface area contributed by atoms with Crippen molar-refractivity contribution >= 4 is 18.0 Å². The zero-order chi connectivity index (χ0) is 19.6. The fourth-order valence-corrected chi connectivity index (χ4v) is 4.08. The molecule has 10 heteroatoms. The largest absolute Gasteiger partial charge is 0.450 e. The second-order valence-electron chi connectivity index (χ2n) is 8.88. The van der Waals surface area contributed by atoms with Crippen molar-refractivity contribution in [2.75, 3.05) is 19.6 Å². The van der Waals surface area contributed by atoms with Gasteiger partial charge in [-0.2, -0.15) is 0 Å². The summed E-state index contributed by atoms with van der Waals surface area (Å²) >= 11 is 0. The number of hydrogen-bond acceptors (Lipinski definition) is 7. The number of rotatable bonds is 2. The van der Waals surface area contributed by atoms with Gasteiger partial charge in [0.2, 0.25) is 11.6 Å². The van der Waals surface area contributed by atoms with Gasteiger partial charge >= 0.3 is 12.1 Å². The van der Waals surface area contributed by atoms with E-state index in [2.05, 4.69) is 10.5 Å². The first-order valence-corrected chi connectivity index (χ1v) is 9.38. The molecule has 3 fully saturated rings. The average molecular weight is 381 g/mol. The van der Waals surface area contributed by atoms with E-state index in [1.54, 1.807) is 9.80 Å². The van der Waals surface area contributed by atoms with Crippen LogP contribution in [0.1, 0.15) is 40.5 Å². The molecular weight excluding hydrogens is 354 g/mol. The fourth-order valence-electron chi connectivity index (χ4n) is 4.08. The minimum absolute atomic E-state index is 0.00630. The van der Waals surface area contributed by atoms with Gasteiger partial charge in [0.25, 0.3) is 0 Å². The maximum atomic E-state index is 12.2. The first-order valence-electron chi connectivity index (χ1n) is 9.38. The molecule has 4 aliphatic heterocycles. The highest BCUT2D eigenvalue weighted by Gasteiger charge is 2.54. The highest BCUT2D eigenvalue weighted by molar-refractivity contribution is 5.84. The van der Waals surface area contributed by atoms with Crippen LogP contribution < -0.4 is 5.43 Å². The van der Waals surface area contributed by atoms with E-state index in [-0.39, 0.29) is 30.1 Å². The molecule has 0 aromatic rings. The lowest BCUT2D eigenvalue weighted by Gasteiger charge is -2.42. The van der Waals surface area contributed by atoms with Gasteiger partial charge in [-0.25, -0.2) is 14.7 Å². The molecule has 3 amide bonds. The van der Waals surface area contributed by atoms with Crippen molar-refractivity contribution in [2.24, 2.45) is 11.0 Å². The van der Waals surface area contributed by atoms with Crippen LogP contribution in [0.3, 0.4) is 0 Å². The van der Waals surface area contributed by atoms with E-state index >= 15 is 0 Å². The number of hydroxylamine groups is 2. The SMILES string of the molecule is CC(C)(C)OC(=O)N1CC(C2=NNC(C)([C@@H]3CC[C@@H]4CN3C(=O)N4O)O2)C1. The third-order valence-electron chi connectivity index (χ3n) is 5.57. The van der Waals surface area contributed by atoms with E-state index in [9.17, 15) is 14.8 Å². The molecule has 2 N–H and O–H groups in total. The molecule has 2 bridgehead atoms. The number of nitrogens with zero attached hydrogens (tertiary/aromatic N) is 4. The van der Waals surface area contributed by atoms with Crippen LogP contribution in [0.4, 0.5) is 9.59 Å². The van der Waals surface area contributed by atoms with E-state index in [0.29, 0.717) is 32.0 Å². The smallest absolute Gasteiger partial charge is 0.410 e. The maximum Gasteiger partial charge on any atom is 0.410 e. The lowest BCUT2D eigenvalue weighted by atomic mass is 9.93. The molecule has 4 heterocycles. The number of fused-ring (bicyclic) bond motifs is 2. The van der Waals surface area contributed by atoms with Gasteiger partial charge in [0.05, 0.1) is 18.0 Å². The van der Waals surface area contributed by atoms with Crippen molar-refractivity contribution in [2.45, 2.75) is 63.9 Å². The Hall–Kier alpha value is -2.23. The number of piperidine rings is 1. The zero-order valence-corrected chi connectivity index (χ0v) is 16.1. The Bertz CT molecular complexity index is 686. The molecule has 0 spiro atoms. The average Bonchev–Trinajstić information content (AvgIpc) is 3.01. The summed E-state index contributed by atoms with van der Waals surface area (Å²) < 4.78 is 11.5. The normalized spacial score (nSPS) is 33.4. The van der Waals surface area contributed by atoms with Crippen molar-refractivity contribution in [1.82, 2.24) is 20.3 Å². The van der Waals surface area contributed by atoms with Gasteiger partial charge in [-0.15, -0.1) is 5.10 Å². The summed E-state index contributed by atoms with van der Waals surface area (Å²) in [7, 11) is 0. The fraction of sp³-hybridized carbons (Fsp3) is 0.824. The molecule has 3 saturated heterocycles. The molecule has 0 aromatic carbocycles. The summed E-state index contributed by atoms with van der Waals surface area (Å²) in [5.74, 6) is 0.554. The standard InChI is InChI=1S/C17H27N5O5/c1-16(2,3)27-15(24)20-7-10(8-20)13-18-19-17(4,26-13)12-6-5-11-9-21(12)14(23)22(11)25/h10-12,19,25H,5-9H2,1-4H3/t11-,12+,17?/m1/s1. The van der Waals surface area contributed by atoms with Gasteiger partial charge in [0, 0.05) is 19.6 Å². The number of urea groups is 1. The summed E-state index contributed by atoms with van der Waals surface area (Å²) in [6.07, 6.45) is 1.10. The van der Waals surface area contributed by atoms with Crippen LogP contribution in [0, 0.1) is 5.92 Å². The summed E-state index contributed by atoms with van der Waals surface area (Å²) in [4.78, 5) is 27.6. The molecule has 0 saturated carbocycles. The number of hydrogen-bond donors (Lipinski definition) is 2. The lowest BCUT2D eigenvalue weighted by Crippen LogP contribution is -2.60. The first-order chi connectivity index (χ1) is 12.6. The second-order valence-corrected chi connectivity index (χ2v) is 8.88. The number of nitrogens with one attached hydrogen (secondary N) is 1. The van der Waals surface area contributed by atoms with E-state index in [1.807, 2.05) is 27.7 Å². The van der Waals surface area contributed by atoms with E-state index in [1.165, 1.54) is 0 Å². The summed E-state index contributed by atoms with van der Waals surface area (Å²) in [5.41, 5.74) is 1.68. The highest BCUT2D eigenvalue weighted by atomic mass is 16.6. The minimum Gasteiger partial charge on any atom is -0.450 e. The van der Waals surface area contributed by atoms with Crippen LogP contribution >= 0.6 is 0 Å². The molecule has 27 heavy (non-hydrogen) atoms. The third kappa shape index (κ3) is 3.05. The number of carbonyl (C=O) groups is 2. The monoisotopic (exact) mass is 381 g/mol. The van der Waals surface area contributed by atoms with Crippen LogP contribution in [0.5, 0.6) is 0 Å². The molecule has 4 aliphatic rings. The molecule has 3 atom stereocenters. The summed E-state index contributed by atoms with van der Waals surface area (Å²) in [5, 5.41) is 15.0. The molecule has 0 radical (unpaired) electrons. The Morgan fingerprint density at radius 2 is 2.04 bits per heavy atom. The van der Waals surface area contributed by atoms with Crippen molar-refractivity contribution in [3.8, 4) is 0 Å². The minimum atomic E-state index is -0.840. The Balaban J connectivity index is 1.34. The van der Waals surface area contributed by atoms with Gasteiger partial charge < -0.3 is 19.3 Å². The van der Waals surface area contributed by atoms with Crippen molar-refractivity contribution < 1.29 is 24.3 Å². The topological polar surface area (TPSA) is 107 Å². The number of ether oxygens (including phenoxy) is 2. The van der Waals surface area contributed by atoms with Crippen LogP contribution in [-0.4, -0.2) is 81.1 Å². The highest BCUT2D eigenvalue weighted by Crippen LogP contribution is 2.37. The second kappa shape index (κ2) is 5.88. The molecule has 150 valence electrons. The molecular formula is C17H27N5O5. The Labute approximate surface area is 158 Å². The molecule has 10 nitrogen and oxygen atoms in total. The van der Waals surface area contributed by atoms with Crippen LogP contribution in [0.15, 0.2) is 5.10 Å². The number of amides is 3. The van der Waals surface area contributed by atoms with Gasteiger partial charge in [-0.1, -0.05) is 0 Å². The van der Waals surface area contributed by atoms with Crippen molar-refractivity contribution in [1.29, 1.82) is 0 Å². The maximum absolute atomic E-state index is 12.2. The van der Waals surface area contributed by atoms with Gasteiger partial charge in [-0.05, 0) is 40.5 Å². The third-order valence-corrected chi connectivity index (χ3v) is 5.57. The van der Waals surface area contributed by atoms with Gasteiger partial charge in [-0.3, -0.25) is 10.6 Å². The predicted octanol–water partition coefficient (Wildman–Crippen LogP) is 1.16. The molecule has 4 rings (SSSR count). The van der Waals surface area contributed by atoms with Crippen molar-refractivity contribution in [3.63, 3.8) is 0 Å². The Morgan fingerprint density at radius 1 is 1.33 bits per heavy atom. The van der Waals surface area contributed by atoms with Crippen LogP contribution in [0.2, 0.25) is 0 Å². The quantitative estimate of drug-likeness (QED) is 0.695. The number of carbonyl (C=O) groups excluding carboxylic acids is 2. The summed E-state index contributed by atoms with van der Waals surface area (Å²) in [6, 6.07) is -0.753. The lowest BCUT2D eigenvalue weighted by molar-refractivity contribution is -0.0594. The van der Waals surface area contributed by atoms with E-state index < -0.39 is 11.3 Å². The van der Waals surface area contributed by atoms with Crippen LogP contribution in [0.25, 0.3) is 0 Å². The van der Waals surface area contributed by atoms with Gasteiger partial charge in [0.1, 0.15) is 5.60 Å². The van der Waals surface area contributed by atoms with Crippen LogP contribution in [-0.2, 0) is 9.47 Å². The van der Waals surface area contributed by atoms with Gasteiger partial charge in [0.15, 0.2) is 0 Å². The molecule has 0 aromatic heterocycles. The van der Waals surface area contributed by atoms with E-state index in [4.69, 9.17) is 9.47 Å². The van der Waals surface area contributed by atoms with E-state index in [0.717, 1.165) is 11.5 Å².